The van der Waals surface area contributed by atoms with E-state index < -0.39 is 0 Å². The van der Waals surface area contributed by atoms with Crippen LogP contribution in [0.2, 0.25) is 5.02 Å². The normalized spacial score (nSPS) is 16.4. The molecule has 9 nitrogen and oxygen atoms in total. The molecule has 1 amide bonds. The third-order valence-electron chi connectivity index (χ3n) is 5.05. The van der Waals surface area contributed by atoms with E-state index in [2.05, 4.69) is 36.8 Å². The second kappa shape index (κ2) is 6.38. The number of hydrogen-bond donors (Lipinski definition) is 1. The quantitative estimate of drug-likeness (QED) is 0.559. The van der Waals surface area contributed by atoms with Gasteiger partial charge in [-0.3, -0.25) is 4.79 Å². The van der Waals surface area contributed by atoms with Gasteiger partial charge >= 0.3 is 0 Å². The van der Waals surface area contributed by atoms with Crippen molar-refractivity contribution in [3.05, 3.63) is 58.5 Å². The minimum Gasteiger partial charge on any atom is -0.330 e. The topological polar surface area (TPSA) is 105 Å². The second-order valence-electron chi connectivity index (χ2n) is 6.68. The molecule has 4 aromatic rings. The lowest BCUT2D eigenvalue weighted by molar-refractivity contribution is 0.0671. The van der Waals surface area contributed by atoms with Gasteiger partial charge in [-0.15, -0.1) is 10.2 Å². The van der Waals surface area contributed by atoms with Crippen LogP contribution in [0.5, 0.6) is 0 Å². The lowest BCUT2D eigenvalue weighted by atomic mass is 9.91. The van der Waals surface area contributed by atoms with Crippen molar-refractivity contribution in [2.75, 3.05) is 6.54 Å². The minimum absolute atomic E-state index is 0.107. The molecule has 0 bridgehead atoms. The number of aromatic amines is 1. The number of amides is 1. The average molecular weight is 395 g/mol. The molecule has 1 atom stereocenters. The summed E-state index contributed by atoms with van der Waals surface area (Å²) in [5, 5.41) is 19.0. The zero-order chi connectivity index (χ0) is 19.3. The third-order valence-corrected chi connectivity index (χ3v) is 5.25. The lowest BCUT2D eigenvalue weighted by Crippen LogP contribution is -2.39. The van der Waals surface area contributed by atoms with Crippen LogP contribution in [0.1, 0.15) is 34.6 Å². The van der Waals surface area contributed by atoms with Gasteiger partial charge in [0.25, 0.3) is 5.91 Å². The van der Waals surface area contributed by atoms with Gasteiger partial charge in [0.05, 0.1) is 17.3 Å². The van der Waals surface area contributed by atoms with Crippen LogP contribution < -0.4 is 0 Å². The van der Waals surface area contributed by atoms with Gasteiger partial charge in [-0.2, -0.15) is 10.3 Å². The molecule has 3 aromatic heterocycles. The maximum absolute atomic E-state index is 13.1. The van der Waals surface area contributed by atoms with Gasteiger partial charge < -0.3 is 4.90 Å². The molecule has 0 radical (unpaired) electrons. The van der Waals surface area contributed by atoms with E-state index in [1.54, 1.807) is 12.3 Å². The third kappa shape index (κ3) is 2.71. The summed E-state index contributed by atoms with van der Waals surface area (Å²) >= 11 is 5.96. The number of fused-ring (bicyclic) bond motifs is 2. The minimum atomic E-state index is -0.135. The highest BCUT2D eigenvalue weighted by Crippen LogP contribution is 2.33. The second-order valence-corrected chi connectivity index (χ2v) is 7.11. The molecule has 1 aliphatic rings. The molecule has 0 fully saturated rings. The Hall–Kier alpha value is -3.33. The summed E-state index contributed by atoms with van der Waals surface area (Å²) in [6.45, 7) is 2.64. The molecule has 140 valence electrons. The zero-order valence-corrected chi connectivity index (χ0v) is 15.6. The van der Waals surface area contributed by atoms with Gasteiger partial charge in [-0.1, -0.05) is 23.7 Å². The molecule has 1 aromatic carbocycles. The number of rotatable bonds is 2. The van der Waals surface area contributed by atoms with Crippen molar-refractivity contribution in [2.24, 2.45) is 0 Å². The first-order valence-electron chi connectivity index (χ1n) is 8.79. The number of H-pyrrole nitrogens is 1. The predicted octanol–water partition coefficient (Wildman–Crippen LogP) is 2.32. The molecule has 0 saturated carbocycles. The first kappa shape index (κ1) is 16.8. The molecule has 4 heterocycles. The Labute approximate surface area is 164 Å². The fraction of sp³-hybridized carbons (Fsp3) is 0.222. The van der Waals surface area contributed by atoms with Crippen molar-refractivity contribution < 1.29 is 4.79 Å². The highest BCUT2D eigenvalue weighted by Gasteiger charge is 2.30. The zero-order valence-electron chi connectivity index (χ0n) is 14.9. The van der Waals surface area contributed by atoms with Crippen molar-refractivity contribution in [1.82, 2.24) is 40.1 Å². The first-order valence-corrected chi connectivity index (χ1v) is 9.16. The largest absolute Gasteiger partial charge is 0.330 e. The van der Waals surface area contributed by atoms with Crippen molar-refractivity contribution in [3.8, 4) is 11.4 Å². The van der Waals surface area contributed by atoms with E-state index in [0.29, 0.717) is 28.7 Å². The van der Waals surface area contributed by atoms with Crippen LogP contribution in [0.15, 0.2) is 36.7 Å². The Kier molecular flexibility index (Phi) is 3.83. The Balaban J connectivity index is 1.48. The number of tetrazole rings is 1. The molecule has 1 N–H and O–H groups in total. The number of carbonyl (C=O) groups excluding carboxylic acids is 1. The van der Waals surface area contributed by atoms with E-state index >= 15 is 0 Å². The smallest absolute Gasteiger partial charge is 0.274 e. The number of halogens is 1. The summed E-state index contributed by atoms with van der Waals surface area (Å²) in [7, 11) is 0. The van der Waals surface area contributed by atoms with E-state index in [4.69, 9.17) is 11.6 Å². The summed E-state index contributed by atoms with van der Waals surface area (Å²) < 4.78 is 1.52. The molecule has 5 rings (SSSR count). The SMILES string of the molecule is CC1c2cc(-c3nn[nH]n3)ccc2CCN1C(=O)c1cc2ncc(Cl)cn2n1. The number of hydrogen-bond acceptors (Lipinski definition) is 6. The number of nitrogens with zero attached hydrogens (tertiary/aromatic N) is 7. The molecular formula is C18H15ClN8O. The van der Waals surface area contributed by atoms with E-state index in [1.807, 2.05) is 24.0 Å². The molecule has 0 spiro atoms. The van der Waals surface area contributed by atoms with Gasteiger partial charge in [0, 0.05) is 24.4 Å². The van der Waals surface area contributed by atoms with Crippen molar-refractivity contribution in [2.45, 2.75) is 19.4 Å². The Bertz CT molecular complexity index is 1190. The van der Waals surface area contributed by atoms with E-state index in [0.717, 1.165) is 17.5 Å². The summed E-state index contributed by atoms with van der Waals surface area (Å²) in [6.07, 6.45) is 3.94. The number of benzene rings is 1. The number of aromatic nitrogens is 7. The molecule has 1 aliphatic heterocycles. The molecule has 28 heavy (non-hydrogen) atoms. The molecule has 10 heteroatoms. The van der Waals surface area contributed by atoms with Gasteiger partial charge in [0.1, 0.15) is 0 Å². The molecular weight excluding hydrogens is 380 g/mol. The van der Waals surface area contributed by atoms with E-state index in [-0.39, 0.29) is 11.9 Å². The fourth-order valence-corrected chi connectivity index (χ4v) is 3.76. The van der Waals surface area contributed by atoms with Gasteiger partial charge in [0.2, 0.25) is 5.82 Å². The summed E-state index contributed by atoms with van der Waals surface area (Å²) in [5.74, 6) is 0.395. The van der Waals surface area contributed by atoms with Crippen molar-refractivity contribution in [1.29, 1.82) is 0 Å². The summed E-state index contributed by atoms with van der Waals surface area (Å²) in [6, 6.07) is 7.64. The molecule has 0 saturated heterocycles. The van der Waals surface area contributed by atoms with Crippen LogP contribution in [0, 0.1) is 0 Å². The molecule has 1 unspecified atom stereocenters. The molecule has 0 aliphatic carbocycles. The van der Waals surface area contributed by atoms with Gasteiger partial charge in [-0.25, -0.2) is 9.50 Å². The van der Waals surface area contributed by atoms with Crippen LogP contribution in [-0.2, 0) is 6.42 Å². The standard InChI is InChI=1S/C18H15ClN8O/c1-10-14-6-12(17-21-24-25-22-17)3-2-11(14)4-5-26(10)18(28)15-7-16-20-8-13(19)9-27(16)23-15/h2-3,6-10H,4-5H2,1H3,(H,21,22,24,25). The van der Waals surface area contributed by atoms with Crippen LogP contribution >= 0.6 is 11.6 Å². The van der Waals surface area contributed by atoms with Crippen LogP contribution in [0.25, 0.3) is 17.0 Å². The Morgan fingerprint density at radius 2 is 2.21 bits per heavy atom. The highest BCUT2D eigenvalue weighted by molar-refractivity contribution is 6.30. The van der Waals surface area contributed by atoms with Gasteiger partial charge in [-0.05, 0) is 35.8 Å². The van der Waals surface area contributed by atoms with Gasteiger partial charge in [0.15, 0.2) is 11.3 Å². The van der Waals surface area contributed by atoms with E-state index in [9.17, 15) is 4.79 Å². The van der Waals surface area contributed by atoms with E-state index in [1.165, 1.54) is 16.3 Å². The van der Waals surface area contributed by atoms with Crippen LogP contribution in [0.3, 0.4) is 0 Å². The first-order chi connectivity index (χ1) is 13.6. The Morgan fingerprint density at radius 1 is 1.32 bits per heavy atom. The fourth-order valence-electron chi connectivity index (χ4n) is 3.62. The number of carbonyl (C=O) groups is 1. The highest BCUT2D eigenvalue weighted by atomic mass is 35.5. The summed E-state index contributed by atoms with van der Waals surface area (Å²) in [5.41, 5.74) is 4.08. The Morgan fingerprint density at radius 3 is 3.04 bits per heavy atom. The van der Waals surface area contributed by atoms with Crippen molar-refractivity contribution >= 4 is 23.2 Å². The van der Waals surface area contributed by atoms with Crippen molar-refractivity contribution in [3.63, 3.8) is 0 Å². The van der Waals surface area contributed by atoms with Crippen LogP contribution in [-0.4, -0.2) is 52.6 Å². The lowest BCUT2D eigenvalue weighted by Gasteiger charge is -2.35. The van der Waals surface area contributed by atoms with Crippen LogP contribution in [0.4, 0.5) is 0 Å². The predicted molar refractivity (Wildman–Crippen MR) is 101 cm³/mol. The summed E-state index contributed by atoms with van der Waals surface area (Å²) in [4.78, 5) is 19.2. The monoisotopic (exact) mass is 394 g/mol. The average Bonchev–Trinajstić information content (AvgIpc) is 3.37. The maximum Gasteiger partial charge on any atom is 0.274 e. The number of nitrogens with one attached hydrogen (secondary N) is 1. The maximum atomic E-state index is 13.1.